The highest BCUT2D eigenvalue weighted by Crippen LogP contribution is 2.33. The van der Waals surface area contributed by atoms with Crippen molar-refractivity contribution in [2.45, 2.75) is 6.92 Å². The Morgan fingerprint density at radius 2 is 2.06 bits per heavy atom. The van der Waals surface area contributed by atoms with Crippen LogP contribution in [-0.2, 0) is 0 Å². The minimum atomic E-state index is -0.524. The number of aromatic amines is 1. The number of aryl methyl sites for hydroxylation is 1. The van der Waals surface area contributed by atoms with Gasteiger partial charge in [-0.3, -0.25) is 9.59 Å². The van der Waals surface area contributed by atoms with Gasteiger partial charge < -0.3 is 4.98 Å². The van der Waals surface area contributed by atoms with Gasteiger partial charge in [-0.2, -0.15) is 0 Å². The maximum absolute atomic E-state index is 11.4. The molecule has 0 saturated heterocycles. The van der Waals surface area contributed by atoms with Crippen LogP contribution in [0.3, 0.4) is 0 Å². The van der Waals surface area contributed by atoms with Crippen molar-refractivity contribution in [1.29, 1.82) is 0 Å². The van der Waals surface area contributed by atoms with Crippen molar-refractivity contribution in [3.63, 3.8) is 0 Å². The number of rotatable bonds is 2. The highest BCUT2D eigenvalue weighted by atomic mass is 35.5. The van der Waals surface area contributed by atoms with E-state index < -0.39 is 5.56 Å². The molecule has 0 unspecified atom stereocenters. The molecule has 1 N–H and O–H groups in total. The predicted molar refractivity (Wildman–Crippen MR) is 70.4 cm³/mol. The maximum Gasteiger partial charge on any atom is 0.277 e. The Labute approximate surface area is 113 Å². The summed E-state index contributed by atoms with van der Waals surface area (Å²) in [5, 5.41) is 0.716. The van der Waals surface area contributed by atoms with E-state index in [0.29, 0.717) is 33.3 Å². The molecule has 2 rings (SSSR count). The zero-order valence-corrected chi connectivity index (χ0v) is 10.8. The van der Waals surface area contributed by atoms with Gasteiger partial charge in [0.25, 0.3) is 5.56 Å². The van der Waals surface area contributed by atoms with Crippen LogP contribution in [0.15, 0.2) is 23.0 Å². The number of hydrogen-bond acceptors (Lipinski definition) is 3. The van der Waals surface area contributed by atoms with Crippen molar-refractivity contribution in [3.05, 3.63) is 50.0 Å². The summed E-state index contributed by atoms with van der Waals surface area (Å²) in [5.74, 6) is 0. The molecule has 4 nitrogen and oxygen atoms in total. The summed E-state index contributed by atoms with van der Waals surface area (Å²) < 4.78 is 0. The summed E-state index contributed by atoms with van der Waals surface area (Å²) >= 11 is 12.0. The fraction of sp³-hybridized carbons (Fsp3) is 0.0833. The van der Waals surface area contributed by atoms with Gasteiger partial charge in [-0.1, -0.05) is 35.3 Å². The van der Waals surface area contributed by atoms with Gasteiger partial charge in [-0.25, -0.2) is 4.98 Å². The Kier molecular flexibility index (Phi) is 3.50. The van der Waals surface area contributed by atoms with Gasteiger partial charge in [0.2, 0.25) is 0 Å². The van der Waals surface area contributed by atoms with Crippen LogP contribution in [-0.4, -0.2) is 16.3 Å². The fourth-order valence-corrected chi connectivity index (χ4v) is 1.97. The topological polar surface area (TPSA) is 62.8 Å². The van der Waals surface area contributed by atoms with Crippen molar-refractivity contribution >= 4 is 29.5 Å². The molecular formula is C12H8Cl2N2O2. The van der Waals surface area contributed by atoms with E-state index in [0.717, 1.165) is 0 Å². The van der Waals surface area contributed by atoms with Gasteiger partial charge in [-0.05, 0) is 13.0 Å². The quantitative estimate of drug-likeness (QED) is 0.862. The van der Waals surface area contributed by atoms with Gasteiger partial charge in [0.15, 0.2) is 12.0 Å². The average Bonchev–Trinajstić information content (AvgIpc) is 2.34. The number of aromatic nitrogens is 2. The lowest BCUT2D eigenvalue weighted by molar-refractivity contribution is 0.111. The standard InChI is InChI=1S/C12H8Cl2N2O2/c1-6-11(16-9(5-17)12(18)15-6)7-3-2-4-8(13)10(7)14/h2-5H,1H3,(H,15,18). The molecule has 1 aromatic heterocycles. The molecule has 6 heteroatoms. The van der Waals surface area contributed by atoms with E-state index >= 15 is 0 Å². The number of hydrogen-bond donors (Lipinski definition) is 1. The Morgan fingerprint density at radius 3 is 2.72 bits per heavy atom. The smallest absolute Gasteiger partial charge is 0.277 e. The highest BCUT2D eigenvalue weighted by molar-refractivity contribution is 6.43. The molecule has 0 radical (unpaired) electrons. The number of carbonyl (C=O) groups excluding carboxylic acids is 1. The molecule has 0 aliphatic heterocycles. The molecule has 18 heavy (non-hydrogen) atoms. The van der Waals surface area contributed by atoms with E-state index in [4.69, 9.17) is 23.2 Å². The van der Waals surface area contributed by atoms with Crippen molar-refractivity contribution < 1.29 is 4.79 Å². The van der Waals surface area contributed by atoms with Crippen LogP contribution in [0.5, 0.6) is 0 Å². The SMILES string of the molecule is Cc1[nH]c(=O)c(C=O)nc1-c1cccc(Cl)c1Cl. The van der Waals surface area contributed by atoms with E-state index in [1.807, 2.05) is 0 Å². The molecule has 0 aliphatic carbocycles. The lowest BCUT2D eigenvalue weighted by atomic mass is 10.1. The third-order valence-electron chi connectivity index (χ3n) is 2.44. The molecule has 0 bridgehead atoms. The summed E-state index contributed by atoms with van der Waals surface area (Å²) in [5.41, 5.74) is 0.816. The van der Waals surface area contributed by atoms with Crippen molar-refractivity contribution in [3.8, 4) is 11.3 Å². The number of benzene rings is 1. The van der Waals surface area contributed by atoms with Crippen LogP contribution < -0.4 is 5.56 Å². The summed E-state index contributed by atoms with van der Waals surface area (Å²) in [4.78, 5) is 28.7. The maximum atomic E-state index is 11.4. The lowest BCUT2D eigenvalue weighted by Gasteiger charge is -2.08. The lowest BCUT2D eigenvalue weighted by Crippen LogP contribution is -2.16. The molecule has 0 fully saturated rings. The first kappa shape index (κ1) is 12.8. The largest absolute Gasteiger partial charge is 0.322 e. The van der Waals surface area contributed by atoms with Crippen LogP contribution in [0, 0.1) is 6.92 Å². The number of aldehydes is 1. The van der Waals surface area contributed by atoms with Crippen LogP contribution >= 0.6 is 23.2 Å². The van der Waals surface area contributed by atoms with Crippen molar-refractivity contribution in [1.82, 2.24) is 9.97 Å². The Bertz CT molecular complexity index is 680. The van der Waals surface area contributed by atoms with Crippen molar-refractivity contribution in [2.75, 3.05) is 0 Å². The van der Waals surface area contributed by atoms with E-state index in [1.54, 1.807) is 25.1 Å². The molecule has 0 amide bonds. The molecule has 0 saturated carbocycles. The van der Waals surface area contributed by atoms with Gasteiger partial charge in [0.1, 0.15) is 0 Å². The van der Waals surface area contributed by atoms with E-state index in [2.05, 4.69) is 9.97 Å². The van der Waals surface area contributed by atoms with E-state index in [1.165, 1.54) is 0 Å². The first-order valence-corrected chi connectivity index (χ1v) is 5.80. The third kappa shape index (κ3) is 2.17. The zero-order chi connectivity index (χ0) is 13.3. The molecule has 92 valence electrons. The second kappa shape index (κ2) is 4.92. The van der Waals surface area contributed by atoms with Gasteiger partial charge >= 0.3 is 0 Å². The molecule has 1 heterocycles. The Balaban J connectivity index is 2.75. The van der Waals surface area contributed by atoms with E-state index in [-0.39, 0.29) is 5.69 Å². The van der Waals surface area contributed by atoms with Crippen molar-refractivity contribution in [2.24, 2.45) is 0 Å². The molecule has 0 aliphatic rings. The normalized spacial score (nSPS) is 10.4. The summed E-state index contributed by atoms with van der Waals surface area (Å²) in [6, 6.07) is 5.09. The monoisotopic (exact) mass is 282 g/mol. The summed E-state index contributed by atoms with van der Waals surface area (Å²) in [6.07, 6.45) is 0.403. The molecule has 2 aromatic rings. The summed E-state index contributed by atoms with van der Waals surface area (Å²) in [6.45, 7) is 1.68. The molecule has 1 aromatic carbocycles. The van der Waals surface area contributed by atoms with Gasteiger partial charge in [0.05, 0.1) is 15.7 Å². The molecule has 0 spiro atoms. The summed E-state index contributed by atoms with van der Waals surface area (Å²) in [7, 11) is 0. The second-order valence-electron chi connectivity index (χ2n) is 3.64. The zero-order valence-electron chi connectivity index (χ0n) is 9.33. The van der Waals surface area contributed by atoms with Crippen LogP contribution in [0.1, 0.15) is 16.2 Å². The Hall–Kier alpha value is -1.65. The minimum Gasteiger partial charge on any atom is -0.322 e. The first-order chi connectivity index (χ1) is 8.54. The number of H-pyrrole nitrogens is 1. The molecular weight excluding hydrogens is 275 g/mol. The second-order valence-corrected chi connectivity index (χ2v) is 4.43. The minimum absolute atomic E-state index is 0.188. The third-order valence-corrected chi connectivity index (χ3v) is 3.26. The molecule has 0 atom stereocenters. The number of nitrogens with one attached hydrogen (secondary N) is 1. The highest BCUT2D eigenvalue weighted by Gasteiger charge is 2.13. The van der Waals surface area contributed by atoms with Crippen LogP contribution in [0.2, 0.25) is 10.0 Å². The predicted octanol–water partition coefficient (Wildman–Crippen LogP) is 2.86. The van der Waals surface area contributed by atoms with Gasteiger partial charge in [-0.15, -0.1) is 0 Å². The average molecular weight is 283 g/mol. The van der Waals surface area contributed by atoms with Crippen LogP contribution in [0.4, 0.5) is 0 Å². The first-order valence-electron chi connectivity index (χ1n) is 5.05. The number of carbonyl (C=O) groups is 1. The fourth-order valence-electron chi connectivity index (χ4n) is 1.58. The number of nitrogens with zero attached hydrogens (tertiary/aromatic N) is 1. The van der Waals surface area contributed by atoms with E-state index in [9.17, 15) is 9.59 Å². The van der Waals surface area contributed by atoms with Gasteiger partial charge in [0, 0.05) is 11.3 Å². The van der Waals surface area contributed by atoms with Crippen LogP contribution in [0.25, 0.3) is 11.3 Å². The number of halogens is 2. The Morgan fingerprint density at radius 1 is 1.33 bits per heavy atom.